The zero-order valence-corrected chi connectivity index (χ0v) is 18.5. The summed E-state index contributed by atoms with van der Waals surface area (Å²) in [4.78, 5) is 11.3. The molecular formula is C28H27NO3. The molecule has 1 fully saturated rings. The summed E-state index contributed by atoms with van der Waals surface area (Å²) in [5.74, 6) is 1.89. The van der Waals surface area contributed by atoms with E-state index in [0.717, 1.165) is 17.4 Å². The van der Waals surface area contributed by atoms with Crippen LogP contribution in [0.25, 0.3) is 22.4 Å². The van der Waals surface area contributed by atoms with Crippen molar-refractivity contribution in [3.63, 3.8) is 0 Å². The van der Waals surface area contributed by atoms with Gasteiger partial charge < -0.3 is 14.0 Å². The highest BCUT2D eigenvalue weighted by Crippen LogP contribution is 2.47. The minimum Gasteiger partial charge on any atom is -0.493 e. The molecule has 1 heterocycles. The van der Waals surface area contributed by atoms with Crippen molar-refractivity contribution in [2.75, 3.05) is 13.7 Å². The Hall–Kier alpha value is -3.53. The average molecular weight is 426 g/mol. The van der Waals surface area contributed by atoms with Crippen LogP contribution in [0.15, 0.2) is 78.9 Å². The Labute approximate surface area is 188 Å². The van der Waals surface area contributed by atoms with Gasteiger partial charge in [-0.05, 0) is 66.6 Å². The molecule has 2 atom stereocenters. The van der Waals surface area contributed by atoms with Gasteiger partial charge in [0, 0.05) is 16.9 Å². The van der Waals surface area contributed by atoms with Gasteiger partial charge in [-0.2, -0.15) is 0 Å². The first-order chi connectivity index (χ1) is 15.6. The Morgan fingerprint density at radius 2 is 1.84 bits per heavy atom. The third-order valence-electron chi connectivity index (χ3n) is 6.33. The van der Waals surface area contributed by atoms with Crippen molar-refractivity contribution in [1.82, 2.24) is 4.57 Å². The fourth-order valence-corrected chi connectivity index (χ4v) is 4.44. The van der Waals surface area contributed by atoms with E-state index < -0.39 is 0 Å². The summed E-state index contributed by atoms with van der Waals surface area (Å²) >= 11 is 0. The third kappa shape index (κ3) is 4.01. The summed E-state index contributed by atoms with van der Waals surface area (Å²) in [7, 11) is 1.39. The molecule has 3 aromatic rings. The number of esters is 1. The Kier molecular flexibility index (Phi) is 5.44. The van der Waals surface area contributed by atoms with Crippen LogP contribution in [-0.4, -0.2) is 24.3 Å². The molecule has 0 radical (unpaired) electrons. The van der Waals surface area contributed by atoms with Crippen molar-refractivity contribution >= 4 is 11.5 Å². The van der Waals surface area contributed by atoms with Gasteiger partial charge in [0.2, 0.25) is 0 Å². The number of benzene rings is 2. The van der Waals surface area contributed by atoms with Gasteiger partial charge in [-0.1, -0.05) is 48.6 Å². The van der Waals surface area contributed by atoms with Crippen LogP contribution < -0.4 is 4.74 Å². The number of ether oxygens (including phenoxy) is 2. The largest absolute Gasteiger partial charge is 0.493 e. The van der Waals surface area contributed by atoms with Gasteiger partial charge in [0.15, 0.2) is 0 Å². The van der Waals surface area contributed by atoms with E-state index in [4.69, 9.17) is 4.74 Å². The molecule has 4 nitrogen and oxygen atoms in total. The lowest BCUT2D eigenvalue weighted by atomic mass is 10.0. The number of hydrogen-bond acceptors (Lipinski definition) is 3. The molecule has 1 saturated carbocycles. The summed E-state index contributed by atoms with van der Waals surface area (Å²) < 4.78 is 12.7. The summed E-state index contributed by atoms with van der Waals surface area (Å²) in [6.45, 7) is 2.48. The normalized spacial score (nSPS) is 18.6. The van der Waals surface area contributed by atoms with Gasteiger partial charge in [-0.3, -0.25) is 4.79 Å². The maximum Gasteiger partial charge on any atom is 0.308 e. The van der Waals surface area contributed by atoms with Crippen LogP contribution in [0.2, 0.25) is 0 Å². The van der Waals surface area contributed by atoms with Crippen molar-refractivity contribution in [2.45, 2.75) is 19.8 Å². The van der Waals surface area contributed by atoms with Crippen LogP contribution in [0.3, 0.4) is 0 Å². The van der Waals surface area contributed by atoms with Crippen LogP contribution in [0.5, 0.6) is 5.75 Å². The first-order valence-electron chi connectivity index (χ1n) is 11.1. The SMILES string of the molecule is COC(=O)CCOc1ccc(-n2c(C3=CC4CC4C=C3)cc(-c3ccccc3)c2C)cc1. The molecule has 1 aromatic heterocycles. The molecule has 2 aliphatic carbocycles. The van der Waals surface area contributed by atoms with Crippen LogP contribution >= 0.6 is 0 Å². The molecule has 0 aliphatic heterocycles. The number of methoxy groups -OCH3 is 1. The van der Waals surface area contributed by atoms with Crippen molar-refractivity contribution < 1.29 is 14.3 Å². The maximum absolute atomic E-state index is 11.3. The molecule has 4 heteroatoms. The molecule has 5 rings (SSSR count). The smallest absolute Gasteiger partial charge is 0.308 e. The van der Waals surface area contributed by atoms with Crippen LogP contribution in [0.4, 0.5) is 0 Å². The predicted octanol–water partition coefficient (Wildman–Crippen LogP) is 5.98. The number of allylic oxidation sites excluding steroid dienone is 4. The topological polar surface area (TPSA) is 40.5 Å². The molecule has 0 spiro atoms. The maximum atomic E-state index is 11.3. The van der Waals surface area contributed by atoms with Gasteiger partial charge >= 0.3 is 5.97 Å². The summed E-state index contributed by atoms with van der Waals surface area (Å²) in [6, 6.07) is 20.9. The molecule has 162 valence electrons. The second kappa shape index (κ2) is 8.54. The van der Waals surface area contributed by atoms with Gasteiger partial charge in [-0.25, -0.2) is 0 Å². The second-order valence-corrected chi connectivity index (χ2v) is 8.44. The summed E-state index contributed by atoms with van der Waals surface area (Å²) in [6.07, 6.45) is 8.56. The second-order valence-electron chi connectivity index (χ2n) is 8.44. The molecule has 32 heavy (non-hydrogen) atoms. The Morgan fingerprint density at radius 3 is 2.56 bits per heavy atom. The zero-order valence-electron chi connectivity index (χ0n) is 18.5. The monoisotopic (exact) mass is 425 g/mol. The van der Waals surface area contributed by atoms with Gasteiger partial charge in [0.05, 0.1) is 25.8 Å². The minimum absolute atomic E-state index is 0.238. The molecule has 0 amide bonds. The molecule has 0 N–H and O–H groups in total. The van der Waals surface area contributed by atoms with Crippen molar-refractivity contribution in [3.05, 3.63) is 90.3 Å². The van der Waals surface area contributed by atoms with Gasteiger partial charge in [0.1, 0.15) is 5.75 Å². The van der Waals surface area contributed by atoms with Gasteiger partial charge in [-0.15, -0.1) is 0 Å². The number of aromatic nitrogens is 1. The molecule has 2 aromatic carbocycles. The van der Waals surface area contributed by atoms with E-state index in [1.807, 2.05) is 12.1 Å². The first kappa shape index (κ1) is 20.4. The fourth-order valence-electron chi connectivity index (χ4n) is 4.44. The van der Waals surface area contributed by atoms with E-state index in [1.54, 1.807) is 0 Å². The van der Waals surface area contributed by atoms with Crippen LogP contribution in [0, 0.1) is 18.8 Å². The van der Waals surface area contributed by atoms with E-state index >= 15 is 0 Å². The van der Waals surface area contributed by atoms with Crippen LogP contribution in [-0.2, 0) is 9.53 Å². The predicted molar refractivity (Wildman–Crippen MR) is 127 cm³/mol. The Morgan fingerprint density at radius 1 is 1.06 bits per heavy atom. The lowest BCUT2D eigenvalue weighted by Crippen LogP contribution is -2.07. The van der Waals surface area contributed by atoms with E-state index in [1.165, 1.54) is 41.6 Å². The fraction of sp³-hybridized carbons (Fsp3) is 0.250. The highest BCUT2D eigenvalue weighted by Gasteiger charge is 2.35. The minimum atomic E-state index is -0.269. The standard InChI is InChI=1S/C28H27NO3/c1-19-26(20-6-4-3-5-7-20)18-27(22-9-8-21-16-23(21)17-22)29(19)24-10-12-25(13-11-24)32-15-14-28(30)31-2/h3-13,17-18,21,23H,14-16H2,1-2H3. The number of carbonyl (C=O) groups excluding carboxylic acids is 1. The number of rotatable bonds is 7. The molecule has 2 aliphatic rings. The first-order valence-corrected chi connectivity index (χ1v) is 11.1. The van der Waals surface area contributed by atoms with Gasteiger partial charge in [0.25, 0.3) is 0 Å². The number of carbonyl (C=O) groups is 1. The highest BCUT2D eigenvalue weighted by molar-refractivity contribution is 5.81. The quantitative estimate of drug-likeness (QED) is 0.437. The lowest BCUT2D eigenvalue weighted by molar-refractivity contribution is -0.141. The summed E-state index contributed by atoms with van der Waals surface area (Å²) in [5, 5.41) is 0. The van der Waals surface area contributed by atoms with Crippen molar-refractivity contribution in [1.29, 1.82) is 0 Å². The zero-order chi connectivity index (χ0) is 22.1. The molecule has 0 saturated heterocycles. The summed E-state index contributed by atoms with van der Waals surface area (Å²) in [5.41, 5.74) is 7.25. The number of fused-ring (bicyclic) bond motifs is 1. The molecular weight excluding hydrogens is 398 g/mol. The van der Waals surface area contributed by atoms with E-state index in [0.29, 0.717) is 12.5 Å². The molecule has 0 bridgehead atoms. The van der Waals surface area contributed by atoms with Crippen LogP contribution in [0.1, 0.15) is 24.2 Å². The highest BCUT2D eigenvalue weighted by atomic mass is 16.5. The Bertz CT molecular complexity index is 1190. The average Bonchev–Trinajstić information content (AvgIpc) is 3.53. The van der Waals surface area contributed by atoms with Crippen molar-refractivity contribution in [2.24, 2.45) is 11.8 Å². The molecule has 2 unspecified atom stereocenters. The van der Waals surface area contributed by atoms with E-state index in [9.17, 15) is 4.79 Å². The van der Waals surface area contributed by atoms with Crippen molar-refractivity contribution in [3.8, 4) is 22.6 Å². The Balaban J connectivity index is 1.49. The number of nitrogens with zero attached hydrogens (tertiary/aromatic N) is 1. The third-order valence-corrected chi connectivity index (χ3v) is 6.33. The van der Waals surface area contributed by atoms with E-state index in [-0.39, 0.29) is 12.4 Å². The van der Waals surface area contributed by atoms with E-state index in [2.05, 4.69) is 83.0 Å². The lowest BCUT2D eigenvalue weighted by Gasteiger charge is -2.15. The number of hydrogen-bond donors (Lipinski definition) is 0.